The van der Waals surface area contributed by atoms with Gasteiger partial charge in [0.25, 0.3) is 5.91 Å². The molecule has 0 saturated carbocycles. The minimum absolute atomic E-state index is 0.00611. The molecule has 1 aliphatic rings. The predicted octanol–water partition coefficient (Wildman–Crippen LogP) is 4.78. The van der Waals surface area contributed by atoms with Crippen LogP contribution in [-0.2, 0) is 4.79 Å². The van der Waals surface area contributed by atoms with Crippen molar-refractivity contribution in [2.75, 3.05) is 39.4 Å². The van der Waals surface area contributed by atoms with E-state index in [0.29, 0.717) is 43.4 Å². The van der Waals surface area contributed by atoms with E-state index in [2.05, 4.69) is 25.7 Å². The first kappa shape index (κ1) is 26.3. The van der Waals surface area contributed by atoms with Crippen molar-refractivity contribution in [1.29, 1.82) is 0 Å². The van der Waals surface area contributed by atoms with Crippen molar-refractivity contribution >= 4 is 11.7 Å². The number of ketones is 1. The second kappa shape index (κ2) is 12.4. The van der Waals surface area contributed by atoms with E-state index in [1.54, 1.807) is 23.1 Å². The van der Waals surface area contributed by atoms with E-state index in [1.165, 1.54) is 12.3 Å². The zero-order valence-corrected chi connectivity index (χ0v) is 21.1. The van der Waals surface area contributed by atoms with Gasteiger partial charge in [-0.3, -0.25) is 9.59 Å². The number of likely N-dealkylation sites (N-methyl/N-ethyl adjacent to an activating group) is 1. The Labute approximate surface area is 207 Å². The number of nitrogens with zero attached hydrogens (tertiary/aromatic N) is 2. The molecule has 1 amide bonds. The molecule has 0 spiro atoms. The lowest BCUT2D eigenvalue weighted by molar-refractivity contribution is -0.129. The fourth-order valence-corrected chi connectivity index (χ4v) is 4.20. The molecule has 190 valence electrons. The van der Waals surface area contributed by atoms with E-state index in [1.807, 2.05) is 13.0 Å². The third kappa shape index (κ3) is 5.88. The molecule has 1 aliphatic heterocycles. The van der Waals surface area contributed by atoms with E-state index in [-0.39, 0.29) is 11.3 Å². The zero-order valence-electron chi connectivity index (χ0n) is 21.1. The molecule has 3 rings (SSSR count). The molecule has 0 aliphatic carbocycles. The van der Waals surface area contributed by atoms with Crippen LogP contribution in [0.1, 0.15) is 62.7 Å². The summed E-state index contributed by atoms with van der Waals surface area (Å²) in [4.78, 5) is 30.2. The Morgan fingerprint density at radius 3 is 2.51 bits per heavy atom. The van der Waals surface area contributed by atoms with Crippen molar-refractivity contribution in [3.8, 4) is 11.5 Å². The molecule has 0 saturated heterocycles. The summed E-state index contributed by atoms with van der Waals surface area (Å²) < 4.78 is 17.0. The molecule has 8 nitrogen and oxygen atoms in total. The lowest BCUT2D eigenvalue weighted by Crippen LogP contribution is -2.38. The largest absolute Gasteiger partial charge is 0.503 e. The van der Waals surface area contributed by atoms with Crippen molar-refractivity contribution in [3.05, 3.63) is 59.3 Å². The number of benzene rings is 1. The van der Waals surface area contributed by atoms with Gasteiger partial charge in [0, 0.05) is 13.1 Å². The first-order chi connectivity index (χ1) is 17.0. The molecule has 0 radical (unpaired) electrons. The summed E-state index contributed by atoms with van der Waals surface area (Å²) in [6.45, 7) is 11.7. The highest BCUT2D eigenvalue weighted by atomic mass is 16.5. The van der Waals surface area contributed by atoms with Crippen LogP contribution in [0.5, 0.6) is 11.5 Å². The average Bonchev–Trinajstić information content (AvgIpc) is 3.48. The van der Waals surface area contributed by atoms with Crippen molar-refractivity contribution in [2.45, 2.75) is 46.6 Å². The normalized spacial score (nSPS) is 15.9. The number of furan rings is 1. The van der Waals surface area contributed by atoms with Gasteiger partial charge >= 0.3 is 0 Å². The smallest absolute Gasteiger partial charge is 0.290 e. The Balaban J connectivity index is 2.03. The number of carbonyl (C=O) groups excluding carboxylic acids is 2. The third-order valence-corrected chi connectivity index (χ3v) is 6.18. The minimum atomic E-state index is -0.778. The molecule has 1 N–H and O–H groups in total. The van der Waals surface area contributed by atoms with Crippen LogP contribution in [0.25, 0.3) is 0 Å². The second-order valence-corrected chi connectivity index (χ2v) is 8.34. The number of ether oxygens (including phenoxy) is 2. The molecule has 8 heteroatoms. The summed E-state index contributed by atoms with van der Waals surface area (Å²) in [5.41, 5.74) is 0.662. The summed E-state index contributed by atoms with van der Waals surface area (Å²) in [7, 11) is 0. The molecule has 0 bridgehead atoms. The average molecular weight is 485 g/mol. The molecular formula is C27H36N2O6. The highest BCUT2D eigenvalue weighted by Crippen LogP contribution is 2.41. The molecule has 2 heterocycles. The fraction of sp³-hybridized carbons (Fsp3) is 0.481. The Morgan fingerprint density at radius 1 is 1.11 bits per heavy atom. The predicted molar refractivity (Wildman–Crippen MR) is 133 cm³/mol. The summed E-state index contributed by atoms with van der Waals surface area (Å²) in [6.07, 6.45) is 3.32. The van der Waals surface area contributed by atoms with Crippen LogP contribution in [0.4, 0.5) is 0 Å². The molecule has 35 heavy (non-hydrogen) atoms. The van der Waals surface area contributed by atoms with Crippen LogP contribution in [0, 0.1) is 0 Å². The Kier molecular flexibility index (Phi) is 9.37. The number of aliphatic hydroxyl groups excluding tert-OH is 1. The Morgan fingerprint density at radius 2 is 1.89 bits per heavy atom. The fourth-order valence-electron chi connectivity index (χ4n) is 4.20. The number of hydrogen-bond acceptors (Lipinski definition) is 7. The number of aliphatic hydroxyl groups is 1. The van der Waals surface area contributed by atoms with Gasteiger partial charge in [0.05, 0.1) is 31.1 Å². The van der Waals surface area contributed by atoms with Gasteiger partial charge in [-0.05, 0) is 56.3 Å². The standard InChI is InChI=1S/C27H36N2O6/c1-5-9-16-34-20-13-12-19(18-22(20)33-8-4)24-23(25(30)21-11-10-17-35-21)26(31)27(32)29(24)15-14-28(6-2)7-3/h10-13,17-18,24,31H,5-9,14-16H2,1-4H3. The molecule has 1 aromatic heterocycles. The number of Topliss-reactive ketones (excluding diaryl/α,β-unsaturated/α-hetero) is 1. The summed E-state index contributed by atoms with van der Waals surface area (Å²) in [5.74, 6) is -0.420. The number of carbonyl (C=O) groups is 2. The van der Waals surface area contributed by atoms with Crippen LogP contribution >= 0.6 is 0 Å². The second-order valence-electron chi connectivity index (χ2n) is 8.34. The van der Waals surface area contributed by atoms with Gasteiger partial charge in [-0.25, -0.2) is 0 Å². The van der Waals surface area contributed by atoms with Gasteiger partial charge in [0.1, 0.15) is 0 Å². The molecule has 2 aromatic rings. The first-order valence-corrected chi connectivity index (χ1v) is 12.4. The maximum atomic E-state index is 13.3. The number of hydrogen-bond donors (Lipinski definition) is 1. The summed E-state index contributed by atoms with van der Waals surface area (Å²) in [6, 6.07) is 7.76. The van der Waals surface area contributed by atoms with Gasteiger partial charge in [-0.1, -0.05) is 33.3 Å². The van der Waals surface area contributed by atoms with Crippen molar-refractivity contribution < 1.29 is 28.6 Å². The molecule has 1 unspecified atom stereocenters. The Bertz CT molecular complexity index is 1030. The highest BCUT2D eigenvalue weighted by Gasteiger charge is 2.44. The van der Waals surface area contributed by atoms with Crippen molar-refractivity contribution in [3.63, 3.8) is 0 Å². The Hall–Kier alpha value is -3.26. The topological polar surface area (TPSA) is 92.5 Å². The van der Waals surface area contributed by atoms with Crippen molar-refractivity contribution in [1.82, 2.24) is 9.80 Å². The van der Waals surface area contributed by atoms with Crippen LogP contribution in [-0.4, -0.2) is 66.0 Å². The maximum Gasteiger partial charge on any atom is 0.290 e. The maximum absolute atomic E-state index is 13.3. The van der Waals surface area contributed by atoms with E-state index in [9.17, 15) is 14.7 Å². The SMILES string of the molecule is CCCCOc1ccc(C2C(C(=O)c3ccco3)=C(O)C(=O)N2CCN(CC)CC)cc1OCC. The lowest BCUT2D eigenvalue weighted by Gasteiger charge is -2.29. The van der Waals surface area contributed by atoms with E-state index < -0.39 is 23.5 Å². The minimum Gasteiger partial charge on any atom is -0.503 e. The highest BCUT2D eigenvalue weighted by molar-refractivity contribution is 6.15. The summed E-state index contributed by atoms with van der Waals surface area (Å²) >= 11 is 0. The van der Waals surface area contributed by atoms with Crippen LogP contribution in [0.15, 0.2) is 52.3 Å². The van der Waals surface area contributed by atoms with Crippen molar-refractivity contribution in [2.24, 2.45) is 0 Å². The summed E-state index contributed by atoms with van der Waals surface area (Å²) in [5, 5.41) is 10.8. The monoisotopic (exact) mass is 484 g/mol. The van der Waals surface area contributed by atoms with E-state index in [4.69, 9.17) is 13.9 Å². The van der Waals surface area contributed by atoms with Crippen LogP contribution < -0.4 is 9.47 Å². The van der Waals surface area contributed by atoms with Gasteiger partial charge in [-0.15, -0.1) is 0 Å². The van der Waals surface area contributed by atoms with E-state index in [0.717, 1.165) is 25.9 Å². The van der Waals surface area contributed by atoms with Gasteiger partial charge in [0.2, 0.25) is 5.78 Å². The van der Waals surface area contributed by atoms with Gasteiger partial charge in [-0.2, -0.15) is 0 Å². The molecule has 0 fully saturated rings. The number of amides is 1. The van der Waals surface area contributed by atoms with Gasteiger partial charge in [0.15, 0.2) is 23.0 Å². The zero-order chi connectivity index (χ0) is 25.4. The van der Waals surface area contributed by atoms with Gasteiger partial charge < -0.3 is 28.8 Å². The first-order valence-electron chi connectivity index (χ1n) is 12.4. The molecule has 1 atom stereocenters. The lowest BCUT2D eigenvalue weighted by atomic mass is 9.94. The quantitative estimate of drug-likeness (QED) is 0.305. The molecule has 1 aromatic carbocycles. The number of rotatable bonds is 14. The van der Waals surface area contributed by atoms with Crippen LogP contribution in [0.3, 0.4) is 0 Å². The third-order valence-electron chi connectivity index (χ3n) is 6.18. The molecular weight excluding hydrogens is 448 g/mol. The van der Waals surface area contributed by atoms with E-state index >= 15 is 0 Å². The number of unbranched alkanes of at least 4 members (excludes halogenated alkanes) is 1. The van der Waals surface area contributed by atoms with Crippen LogP contribution in [0.2, 0.25) is 0 Å².